The average Bonchev–Trinajstić information content (AvgIpc) is 3.39. The van der Waals surface area contributed by atoms with Gasteiger partial charge in [-0.3, -0.25) is 5.10 Å². The van der Waals surface area contributed by atoms with E-state index >= 15 is 0 Å². The number of hydrogen-bond acceptors (Lipinski definition) is 5. The van der Waals surface area contributed by atoms with Gasteiger partial charge in [0.2, 0.25) is 0 Å². The number of allylic oxidation sites excluding steroid dienone is 1. The molecule has 0 saturated heterocycles. The molecule has 29 heavy (non-hydrogen) atoms. The molecule has 6 nitrogen and oxygen atoms in total. The molecule has 1 aliphatic rings. The summed E-state index contributed by atoms with van der Waals surface area (Å²) in [5.74, 6) is 1.86. The molecule has 0 aliphatic heterocycles. The summed E-state index contributed by atoms with van der Waals surface area (Å²) in [6.07, 6.45) is 5.10. The molecule has 6 heteroatoms. The maximum absolute atomic E-state index is 5.35. The Morgan fingerprint density at radius 1 is 1.03 bits per heavy atom. The first kappa shape index (κ1) is 17.4. The highest BCUT2D eigenvalue weighted by atomic mass is 16.5. The molecule has 4 aromatic rings. The van der Waals surface area contributed by atoms with E-state index in [-0.39, 0.29) is 5.41 Å². The Balaban J connectivity index is 1.63. The summed E-state index contributed by atoms with van der Waals surface area (Å²) < 4.78 is 10.7. The first-order valence-electron chi connectivity index (χ1n) is 9.47. The Bertz CT molecular complexity index is 1180. The number of hydrogen-bond donors (Lipinski definition) is 1. The van der Waals surface area contributed by atoms with Gasteiger partial charge in [0.1, 0.15) is 5.75 Å². The number of ether oxygens (including phenoxy) is 1. The van der Waals surface area contributed by atoms with Crippen molar-refractivity contribution in [3.05, 3.63) is 88.9 Å². The molecule has 0 radical (unpaired) electrons. The van der Waals surface area contributed by atoms with Gasteiger partial charge >= 0.3 is 0 Å². The molecule has 1 atom stereocenters. The zero-order valence-corrected chi connectivity index (χ0v) is 16.2. The van der Waals surface area contributed by atoms with Crippen LogP contribution in [0.2, 0.25) is 0 Å². The molecule has 1 aliphatic carbocycles. The van der Waals surface area contributed by atoms with E-state index in [1.54, 1.807) is 14.0 Å². The molecule has 2 aromatic heterocycles. The number of nitrogens with one attached hydrogen (secondary N) is 1. The van der Waals surface area contributed by atoms with E-state index < -0.39 is 0 Å². The van der Waals surface area contributed by atoms with E-state index in [2.05, 4.69) is 68.9 Å². The average molecular weight is 384 g/mol. The van der Waals surface area contributed by atoms with Gasteiger partial charge in [0.15, 0.2) is 11.5 Å². The second kappa shape index (κ2) is 6.74. The third kappa shape index (κ3) is 2.84. The smallest absolute Gasteiger partial charge is 0.279 e. The van der Waals surface area contributed by atoms with Crippen LogP contribution >= 0.6 is 0 Å². The normalized spacial score (nSPS) is 17.9. The molecule has 0 amide bonds. The minimum atomic E-state index is -0.310. The number of methoxy groups -OCH3 is 1. The van der Waals surface area contributed by atoms with Crippen LogP contribution in [0.1, 0.15) is 28.2 Å². The van der Waals surface area contributed by atoms with Crippen LogP contribution in [0.25, 0.3) is 17.7 Å². The lowest BCUT2D eigenvalue weighted by Gasteiger charge is -2.34. The van der Waals surface area contributed by atoms with Crippen LogP contribution < -0.4 is 4.74 Å². The first-order valence-corrected chi connectivity index (χ1v) is 9.47. The third-order valence-corrected chi connectivity index (χ3v) is 5.50. The van der Waals surface area contributed by atoms with Gasteiger partial charge in [0.25, 0.3) is 5.89 Å². The van der Waals surface area contributed by atoms with Crippen LogP contribution in [0, 0.1) is 6.92 Å². The lowest BCUT2D eigenvalue weighted by molar-refractivity contribution is 0.414. The number of aromatic nitrogens is 4. The number of nitrogens with zero attached hydrogens (tertiary/aromatic N) is 3. The molecular formula is C23H20N4O2. The van der Waals surface area contributed by atoms with Crippen LogP contribution in [0.15, 0.2) is 65.2 Å². The Morgan fingerprint density at radius 2 is 1.79 bits per heavy atom. The highest BCUT2D eigenvalue weighted by Gasteiger charge is 2.37. The standard InChI is InChI=1S/C23H20N4O2/c1-15-24-22(29-27-15)21-19-12-13-23(14-20(19)25-26-21,16-6-4-3-5-7-16)17-8-10-18(28-2)11-9-17/h3-13H,14H2,1-2H3,(H,25,26). The molecule has 5 rings (SSSR count). The van der Waals surface area contributed by atoms with Crippen LogP contribution in [-0.4, -0.2) is 27.4 Å². The third-order valence-electron chi connectivity index (χ3n) is 5.50. The summed E-state index contributed by atoms with van der Waals surface area (Å²) >= 11 is 0. The molecule has 0 bridgehead atoms. The summed E-state index contributed by atoms with van der Waals surface area (Å²) in [5.41, 5.74) is 4.82. The van der Waals surface area contributed by atoms with E-state index in [0.29, 0.717) is 17.4 Å². The predicted octanol–water partition coefficient (Wildman–Crippen LogP) is 4.33. The molecule has 0 saturated carbocycles. The topological polar surface area (TPSA) is 76.8 Å². The zero-order valence-electron chi connectivity index (χ0n) is 16.2. The maximum Gasteiger partial charge on any atom is 0.279 e. The van der Waals surface area contributed by atoms with Gasteiger partial charge in [-0.15, -0.1) is 0 Å². The zero-order chi connectivity index (χ0) is 19.8. The molecular weight excluding hydrogens is 364 g/mol. The Labute approximate surface area is 168 Å². The number of aryl methyl sites for hydroxylation is 1. The molecule has 1 N–H and O–H groups in total. The summed E-state index contributed by atoms with van der Waals surface area (Å²) in [5, 5.41) is 11.6. The largest absolute Gasteiger partial charge is 0.497 e. The maximum atomic E-state index is 5.35. The van der Waals surface area contributed by atoms with Gasteiger partial charge in [-0.25, -0.2) is 0 Å². The van der Waals surface area contributed by atoms with Crippen molar-refractivity contribution in [2.45, 2.75) is 18.8 Å². The van der Waals surface area contributed by atoms with Crippen molar-refractivity contribution in [1.29, 1.82) is 0 Å². The van der Waals surface area contributed by atoms with Gasteiger partial charge in [-0.2, -0.15) is 10.1 Å². The Kier molecular flexibility index (Phi) is 4.05. The van der Waals surface area contributed by atoms with Crippen molar-refractivity contribution in [1.82, 2.24) is 20.3 Å². The Hall–Kier alpha value is -3.67. The van der Waals surface area contributed by atoms with Gasteiger partial charge in [-0.05, 0) is 30.2 Å². The molecule has 0 fully saturated rings. The van der Waals surface area contributed by atoms with Crippen LogP contribution in [0.3, 0.4) is 0 Å². The summed E-state index contributed by atoms with van der Waals surface area (Å²) in [7, 11) is 1.68. The summed E-state index contributed by atoms with van der Waals surface area (Å²) in [4.78, 5) is 4.32. The van der Waals surface area contributed by atoms with Crippen molar-refractivity contribution in [2.75, 3.05) is 7.11 Å². The van der Waals surface area contributed by atoms with E-state index in [9.17, 15) is 0 Å². The molecule has 0 spiro atoms. The first-order chi connectivity index (χ1) is 14.2. The highest BCUT2D eigenvalue weighted by Crippen LogP contribution is 2.43. The van der Waals surface area contributed by atoms with Gasteiger partial charge in [0.05, 0.1) is 7.11 Å². The minimum Gasteiger partial charge on any atom is -0.497 e. The number of benzene rings is 2. The van der Waals surface area contributed by atoms with Gasteiger partial charge in [0, 0.05) is 23.1 Å². The number of rotatable bonds is 4. The minimum absolute atomic E-state index is 0.310. The summed E-state index contributed by atoms with van der Waals surface area (Å²) in [6.45, 7) is 1.80. The van der Waals surface area contributed by atoms with Crippen molar-refractivity contribution < 1.29 is 9.26 Å². The van der Waals surface area contributed by atoms with Crippen molar-refractivity contribution >= 4 is 6.08 Å². The lowest BCUT2D eigenvalue weighted by Crippen LogP contribution is -2.30. The fourth-order valence-electron chi connectivity index (χ4n) is 4.01. The molecule has 1 unspecified atom stereocenters. The van der Waals surface area contributed by atoms with Crippen molar-refractivity contribution in [3.63, 3.8) is 0 Å². The van der Waals surface area contributed by atoms with E-state index in [0.717, 1.165) is 23.4 Å². The molecule has 144 valence electrons. The van der Waals surface area contributed by atoms with Gasteiger partial charge < -0.3 is 9.26 Å². The molecule has 2 heterocycles. The fraction of sp³-hybridized carbons (Fsp3) is 0.174. The molecule has 2 aromatic carbocycles. The second-order valence-corrected chi connectivity index (χ2v) is 7.19. The highest BCUT2D eigenvalue weighted by molar-refractivity contribution is 5.73. The fourth-order valence-corrected chi connectivity index (χ4v) is 4.01. The van der Waals surface area contributed by atoms with Crippen LogP contribution in [0.4, 0.5) is 0 Å². The van der Waals surface area contributed by atoms with E-state index in [1.807, 2.05) is 18.2 Å². The van der Waals surface area contributed by atoms with Gasteiger partial charge in [-0.1, -0.05) is 59.8 Å². The quantitative estimate of drug-likeness (QED) is 0.567. The van der Waals surface area contributed by atoms with Crippen molar-refractivity contribution in [3.8, 4) is 17.3 Å². The number of aromatic amines is 1. The Morgan fingerprint density at radius 3 is 2.48 bits per heavy atom. The predicted molar refractivity (Wildman–Crippen MR) is 110 cm³/mol. The monoisotopic (exact) mass is 384 g/mol. The number of fused-ring (bicyclic) bond motifs is 1. The van der Waals surface area contributed by atoms with E-state index in [1.165, 1.54) is 11.1 Å². The van der Waals surface area contributed by atoms with Crippen molar-refractivity contribution in [2.24, 2.45) is 0 Å². The SMILES string of the molecule is COc1ccc(C2(c3ccccc3)C=Cc3c(-c4nc(C)no4)n[nH]c3C2)cc1. The second-order valence-electron chi connectivity index (χ2n) is 7.19. The van der Waals surface area contributed by atoms with E-state index in [4.69, 9.17) is 9.26 Å². The number of H-pyrrole nitrogens is 1. The van der Waals surface area contributed by atoms with Crippen LogP contribution in [0.5, 0.6) is 5.75 Å². The van der Waals surface area contributed by atoms with Crippen LogP contribution in [-0.2, 0) is 11.8 Å². The lowest BCUT2D eigenvalue weighted by atomic mass is 9.68. The summed E-state index contributed by atoms with van der Waals surface area (Å²) in [6, 6.07) is 18.8.